The third kappa shape index (κ3) is 1.72. The molecule has 0 amide bonds. The maximum atomic E-state index is 10.1. The van der Waals surface area contributed by atoms with Gasteiger partial charge >= 0.3 is 0 Å². The number of rotatable bonds is 1. The average Bonchev–Trinajstić information content (AvgIpc) is 2.73. The quantitative estimate of drug-likeness (QED) is 0.781. The van der Waals surface area contributed by atoms with Gasteiger partial charge in [0.25, 0.3) is 0 Å². The monoisotopic (exact) mass is 224 g/mol. The smallest absolute Gasteiger partial charge is 0.119 e. The number of hydrogen-bond donors (Lipinski definition) is 1. The van der Waals surface area contributed by atoms with Gasteiger partial charge in [0.2, 0.25) is 0 Å². The first-order valence-corrected chi connectivity index (χ1v) is 6.13. The molecule has 0 fully saturated rings. The van der Waals surface area contributed by atoms with Crippen molar-refractivity contribution in [3.8, 4) is 5.75 Å². The van der Waals surface area contributed by atoms with Crippen molar-refractivity contribution in [3.63, 3.8) is 0 Å². The minimum absolute atomic E-state index is 0.367. The lowest BCUT2D eigenvalue weighted by molar-refractivity contribution is 0.464. The van der Waals surface area contributed by atoms with Crippen LogP contribution >= 0.6 is 0 Å². The summed E-state index contributed by atoms with van der Waals surface area (Å²) in [4.78, 5) is 0. The number of phenols is 1. The standard InChI is InChI=1S/C16H16O/c1-11-6-8-15(16(17)10-11)14-9-7-12-4-2-3-5-13(12)14/h2-6,8,10,14,17H,7,9H2,1H3. The first-order valence-electron chi connectivity index (χ1n) is 6.13. The fourth-order valence-corrected chi connectivity index (χ4v) is 2.83. The zero-order chi connectivity index (χ0) is 11.8. The Balaban J connectivity index is 2.07. The van der Waals surface area contributed by atoms with Crippen LogP contribution in [0.25, 0.3) is 0 Å². The van der Waals surface area contributed by atoms with Crippen molar-refractivity contribution in [1.82, 2.24) is 0 Å². The molecule has 0 bridgehead atoms. The predicted octanol–water partition coefficient (Wildman–Crippen LogP) is 3.78. The molecule has 0 aliphatic heterocycles. The second-order valence-corrected chi connectivity index (χ2v) is 4.85. The van der Waals surface area contributed by atoms with Crippen molar-refractivity contribution in [1.29, 1.82) is 0 Å². The van der Waals surface area contributed by atoms with Crippen LogP contribution in [0.5, 0.6) is 5.75 Å². The molecule has 0 saturated heterocycles. The Labute approximate surface area is 102 Å². The van der Waals surface area contributed by atoms with Crippen LogP contribution in [0, 0.1) is 6.92 Å². The highest BCUT2D eigenvalue weighted by Gasteiger charge is 2.25. The van der Waals surface area contributed by atoms with E-state index in [1.165, 1.54) is 11.1 Å². The van der Waals surface area contributed by atoms with Gasteiger partial charge < -0.3 is 5.11 Å². The van der Waals surface area contributed by atoms with E-state index in [0.717, 1.165) is 24.0 Å². The van der Waals surface area contributed by atoms with E-state index in [1.54, 1.807) is 0 Å². The second-order valence-electron chi connectivity index (χ2n) is 4.85. The minimum Gasteiger partial charge on any atom is -0.508 e. The summed E-state index contributed by atoms with van der Waals surface area (Å²) in [5, 5.41) is 10.1. The van der Waals surface area contributed by atoms with Crippen molar-refractivity contribution < 1.29 is 5.11 Å². The van der Waals surface area contributed by atoms with E-state index in [2.05, 4.69) is 36.4 Å². The van der Waals surface area contributed by atoms with Crippen LogP contribution in [-0.2, 0) is 6.42 Å². The highest BCUT2D eigenvalue weighted by Crippen LogP contribution is 2.41. The van der Waals surface area contributed by atoms with Crippen molar-refractivity contribution >= 4 is 0 Å². The van der Waals surface area contributed by atoms with Crippen LogP contribution in [0.3, 0.4) is 0 Å². The number of fused-ring (bicyclic) bond motifs is 1. The second kappa shape index (κ2) is 3.92. The summed E-state index contributed by atoms with van der Waals surface area (Å²) >= 11 is 0. The maximum absolute atomic E-state index is 10.1. The third-order valence-corrected chi connectivity index (χ3v) is 3.69. The lowest BCUT2D eigenvalue weighted by Gasteiger charge is -2.14. The van der Waals surface area contributed by atoms with E-state index in [0.29, 0.717) is 11.7 Å². The first-order chi connectivity index (χ1) is 8.25. The van der Waals surface area contributed by atoms with Gasteiger partial charge in [0.1, 0.15) is 5.75 Å². The summed E-state index contributed by atoms with van der Waals surface area (Å²) in [5.41, 5.74) is 4.99. The van der Waals surface area contributed by atoms with Crippen LogP contribution in [0.1, 0.15) is 34.6 Å². The Kier molecular flexibility index (Phi) is 2.40. The molecule has 1 nitrogen and oxygen atoms in total. The first kappa shape index (κ1) is 10.4. The average molecular weight is 224 g/mol. The fraction of sp³-hybridized carbons (Fsp3) is 0.250. The normalized spacial score (nSPS) is 18.1. The van der Waals surface area contributed by atoms with Crippen LogP contribution in [0.4, 0.5) is 0 Å². The highest BCUT2D eigenvalue weighted by molar-refractivity contribution is 5.47. The predicted molar refractivity (Wildman–Crippen MR) is 69.4 cm³/mol. The molecule has 0 spiro atoms. The summed E-state index contributed by atoms with van der Waals surface area (Å²) in [6, 6.07) is 14.6. The molecule has 1 aliphatic carbocycles. The number of aryl methyl sites for hydroxylation is 2. The highest BCUT2D eigenvalue weighted by atomic mass is 16.3. The van der Waals surface area contributed by atoms with E-state index >= 15 is 0 Å². The molecule has 0 radical (unpaired) electrons. The van der Waals surface area contributed by atoms with Crippen LogP contribution in [-0.4, -0.2) is 5.11 Å². The molecule has 3 rings (SSSR count). The molecule has 0 heterocycles. The molecule has 1 aliphatic rings. The van der Waals surface area contributed by atoms with Crippen LogP contribution in [0.15, 0.2) is 42.5 Å². The van der Waals surface area contributed by atoms with Gasteiger partial charge in [-0.3, -0.25) is 0 Å². The molecule has 17 heavy (non-hydrogen) atoms. The van der Waals surface area contributed by atoms with Gasteiger partial charge in [-0.15, -0.1) is 0 Å². The largest absolute Gasteiger partial charge is 0.508 e. The van der Waals surface area contributed by atoms with Gasteiger partial charge in [0, 0.05) is 11.5 Å². The molecule has 0 aromatic heterocycles. The molecule has 1 heteroatoms. The molecular weight excluding hydrogens is 208 g/mol. The number of hydrogen-bond acceptors (Lipinski definition) is 1. The van der Waals surface area contributed by atoms with E-state index < -0.39 is 0 Å². The molecule has 86 valence electrons. The third-order valence-electron chi connectivity index (χ3n) is 3.69. The fourth-order valence-electron chi connectivity index (χ4n) is 2.83. The zero-order valence-corrected chi connectivity index (χ0v) is 9.98. The van der Waals surface area contributed by atoms with Gasteiger partial charge in [-0.2, -0.15) is 0 Å². The van der Waals surface area contributed by atoms with E-state index in [1.807, 2.05) is 13.0 Å². The van der Waals surface area contributed by atoms with Crippen molar-refractivity contribution in [2.45, 2.75) is 25.7 Å². The molecule has 1 unspecified atom stereocenters. The van der Waals surface area contributed by atoms with Gasteiger partial charge in [0.15, 0.2) is 0 Å². The molecule has 1 atom stereocenters. The molecule has 0 saturated carbocycles. The van der Waals surface area contributed by atoms with Crippen molar-refractivity contribution in [3.05, 3.63) is 64.7 Å². The lowest BCUT2D eigenvalue weighted by atomic mass is 9.92. The maximum Gasteiger partial charge on any atom is 0.119 e. The number of phenolic OH excluding ortho intramolecular Hbond substituents is 1. The van der Waals surface area contributed by atoms with Crippen molar-refractivity contribution in [2.24, 2.45) is 0 Å². The minimum atomic E-state index is 0.367. The van der Waals surface area contributed by atoms with Crippen LogP contribution < -0.4 is 0 Å². The van der Waals surface area contributed by atoms with E-state index in [4.69, 9.17) is 0 Å². The van der Waals surface area contributed by atoms with Gasteiger partial charge in [-0.1, -0.05) is 36.4 Å². The van der Waals surface area contributed by atoms with E-state index in [9.17, 15) is 5.11 Å². The summed E-state index contributed by atoms with van der Waals surface area (Å²) in [6.07, 6.45) is 2.23. The lowest BCUT2D eigenvalue weighted by Crippen LogP contribution is -1.96. The Morgan fingerprint density at radius 2 is 1.88 bits per heavy atom. The van der Waals surface area contributed by atoms with Crippen LogP contribution in [0.2, 0.25) is 0 Å². The van der Waals surface area contributed by atoms with Gasteiger partial charge in [-0.25, -0.2) is 0 Å². The number of benzene rings is 2. The molecule has 2 aromatic rings. The summed E-state index contributed by atoms with van der Waals surface area (Å²) in [6.45, 7) is 2.01. The molecular formula is C16H16O. The van der Waals surface area contributed by atoms with Gasteiger partial charge in [0.05, 0.1) is 0 Å². The Morgan fingerprint density at radius 1 is 1.06 bits per heavy atom. The Hall–Kier alpha value is -1.76. The molecule has 2 aromatic carbocycles. The Morgan fingerprint density at radius 3 is 2.71 bits per heavy atom. The summed E-state index contributed by atoms with van der Waals surface area (Å²) in [7, 11) is 0. The topological polar surface area (TPSA) is 20.2 Å². The summed E-state index contributed by atoms with van der Waals surface area (Å²) < 4.78 is 0. The Bertz CT molecular complexity index is 557. The SMILES string of the molecule is Cc1ccc(C2CCc3ccccc32)c(O)c1. The number of aromatic hydroxyl groups is 1. The zero-order valence-electron chi connectivity index (χ0n) is 9.98. The summed E-state index contributed by atoms with van der Waals surface area (Å²) in [5.74, 6) is 0.804. The molecule has 1 N–H and O–H groups in total. The van der Waals surface area contributed by atoms with E-state index in [-0.39, 0.29) is 0 Å². The van der Waals surface area contributed by atoms with Crippen molar-refractivity contribution in [2.75, 3.05) is 0 Å². The van der Waals surface area contributed by atoms with Gasteiger partial charge in [-0.05, 0) is 42.5 Å².